The quantitative estimate of drug-likeness (QED) is 0.442. The van der Waals surface area contributed by atoms with Crippen molar-refractivity contribution in [2.45, 2.75) is 48.5 Å². The molecule has 0 bridgehead atoms. The van der Waals surface area contributed by atoms with E-state index in [1.165, 1.54) is 5.57 Å². The summed E-state index contributed by atoms with van der Waals surface area (Å²) in [6, 6.07) is 0. The number of rotatable bonds is 5. The zero-order valence-corrected chi connectivity index (χ0v) is 13.8. The molecule has 0 heterocycles. The van der Waals surface area contributed by atoms with Gasteiger partial charge in [0.2, 0.25) is 0 Å². The van der Waals surface area contributed by atoms with Gasteiger partial charge in [0.15, 0.2) is 0 Å². The van der Waals surface area contributed by atoms with Crippen molar-refractivity contribution in [3.05, 3.63) is 36.5 Å². The number of hydrogen-bond acceptors (Lipinski definition) is 0. The first kappa shape index (κ1) is 17.8. The zero-order valence-electron chi connectivity index (χ0n) is 13.8. The minimum atomic E-state index is -0.0656. The molecule has 106 valence electrons. The van der Waals surface area contributed by atoms with Crippen LogP contribution >= 0.6 is 0 Å². The van der Waals surface area contributed by atoms with Gasteiger partial charge >= 0.3 is 0 Å². The van der Waals surface area contributed by atoms with Crippen molar-refractivity contribution in [3.8, 4) is 11.8 Å². The third-order valence-corrected chi connectivity index (χ3v) is 4.45. The van der Waals surface area contributed by atoms with Crippen LogP contribution in [0.4, 0.5) is 0 Å². The molecular formula is C19H30. The van der Waals surface area contributed by atoms with Crippen LogP contribution in [0, 0.1) is 35.0 Å². The summed E-state index contributed by atoms with van der Waals surface area (Å²) in [6.07, 6.45) is 4.36. The molecule has 0 saturated carbocycles. The summed E-state index contributed by atoms with van der Waals surface area (Å²) in [4.78, 5) is 0. The molecule has 0 aliphatic heterocycles. The highest BCUT2D eigenvalue weighted by molar-refractivity contribution is 5.29. The normalized spacial score (nSPS) is 18.9. The first-order valence-electron chi connectivity index (χ1n) is 7.13. The first-order chi connectivity index (χ1) is 8.66. The third-order valence-electron chi connectivity index (χ3n) is 4.45. The Hall–Kier alpha value is -1.22. The van der Waals surface area contributed by atoms with Crippen LogP contribution in [-0.4, -0.2) is 0 Å². The molecule has 0 heteroatoms. The second-order valence-corrected chi connectivity index (χ2v) is 6.05. The summed E-state index contributed by atoms with van der Waals surface area (Å²) in [6.45, 7) is 23.2. The summed E-state index contributed by atoms with van der Waals surface area (Å²) in [5.74, 6) is 7.97. The van der Waals surface area contributed by atoms with Gasteiger partial charge in [0.05, 0.1) is 0 Å². The predicted molar refractivity (Wildman–Crippen MR) is 87.8 cm³/mol. The SMILES string of the molecule is C=C(C)C#CC(C)(C(C)C=CC)C(C)C(C)C(=C)C. The summed E-state index contributed by atoms with van der Waals surface area (Å²) >= 11 is 0. The van der Waals surface area contributed by atoms with Gasteiger partial charge in [-0.05, 0) is 51.0 Å². The molecule has 0 aromatic heterocycles. The highest BCUT2D eigenvalue weighted by Gasteiger charge is 2.37. The fourth-order valence-corrected chi connectivity index (χ4v) is 2.32. The van der Waals surface area contributed by atoms with E-state index in [9.17, 15) is 0 Å². The molecule has 0 fully saturated rings. The molecule has 0 saturated heterocycles. The zero-order chi connectivity index (χ0) is 15.2. The standard InChI is InChI=1S/C19H30/c1-10-11-16(6)19(9,13-12-14(2)3)18(8)17(7)15(4)5/h10-11,16-18H,2,4H2,1,3,5-9H3. The van der Waals surface area contributed by atoms with Gasteiger partial charge in [0.25, 0.3) is 0 Å². The van der Waals surface area contributed by atoms with E-state index in [1.807, 2.05) is 6.92 Å². The van der Waals surface area contributed by atoms with Crippen LogP contribution in [0.15, 0.2) is 36.5 Å². The van der Waals surface area contributed by atoms with Crippen LogP contribution < -0.4 is 0 Å². The van der Waals surface area contributed by atoms with E-state index in [4.69, 9.17) is 0 Å². The largest absolute Gasteiger partial charge is 0.0999 e. The van der Waals surface area contributed by atoms with Crippen molar-refractivity contribution in [2.75, 3.05) is 0 Å². The minimum absolute atomic E-state index is 0.0656. The Morgan fingerprint density at radius 3 is 2.05 bits per heavy atom. The van der Waals surface area contributed by atoms with Crippen LogP contribution in [0.5, 0.6) is 0 Å². The monoisotopic (exact) mass is 258 g/mol. The van der Waals surface area contributed by atoms with Crippen molar-refractivity contribution >= 4 is 0 Å². The summed E-state index contributed by atoms with van der Waals surface area (Å²) in [5.41, 5.74) is 2.08. The van der Waals surface area contributed by atoms with E-state index in [0.717, 1.165) is 5.57 Å². The van der Waals surface area contributed by atoms with Crippen LogP contribution in [0.1, 0.15) is 48.5 Å². The van der Waals surface area contributed by atoms with Gasteiger partial charge in [0, 0.05) is 5.41 Å². The summed E-state index contributed by atoms with van der Waals surface area (Å²) < 4.78 is 0. The Balaban J connectivity index is 5.58. The fraction of sp³-hybridized carbons (Fsp3) is 0.579. The van der Waals surface area contributed by atoms with Crippen molar-refractivity contribution in [1.82, 2.24) is 0 Å². The molecule has 0 N–H and O–H groups in total. The van der Waals surface area contributed by atoms with Gasteiger partial charge < -0.3 is 0 Å². The average Bonchev–Trinajstić information content (AvgIpc) is 2.34. The molecule has 0 amide bonds. The van der Waals surface area contributed by atoms with Crippen molar-refractivity contribution in [2.24, 2.45) is 23.2 Å². The average molecular weight is 258 g/mol. The van der Waals surface area contributed by atoms with Gasteiger partial charge in [-0.2, -0.15) is 0 Å². The van der Waals surface area contributed by atoms with Gasteiger partial charge in [-0.3, -0.25) is 0 Å². The van der Waals surface area contributed by atoms with E-state index < -0.39 is 0 Å². The Morgan fingerprint density at radius 2 is 1.68 bits per heavy atom. The molecule has 0 aliphatic carbocycles. The maximum atomic E-state index is 4.11. The van der Waals surface area contributed by atoms with Crippen molar-refractivity contribution in [3.63, 3.8) is 0 Å². The lowest BCUT2D eigenvalue weighted by molar-refractivity contribution is 0.182. The molecule has 0 aliphatic rings. The molecule has 4 unspecified atom stereocenters. The Labute approximate surface area is 120 Å². The maximum Gasteiger partial charge on any atom is 0.0381 e. The van der Waals surface area contributed by atoms with E-state index in [1.54, 1.807) is 0 Å². The van der Waals surface area contributed by atoms with Crippen LogP contribution in [0.25, 0.3) is 0 Å². The molecule has 0 spiro atoms. The van der Waals surface area contributed by atoms with Gasteiger partial charge in [-0.15, -0.1) is 0 Å². The Kier molecular flexibility index (Phi) is 6.91. The van der Waals surface area contributed by atoms with Gasteiger partial charge in [0.1, 0.15) is 0 Å². The lowest BCUT2D eigenvalue weighted by Crippen LogP contribution is -2.34. The topological polar surface area (TPSA) is 0 Å². The van der Waals surface area contributed by atoms with Crippen LogP contribution in [0.3, 0.4) is 0 Å². The van der Waals surface area contributed by atoms with Crippen LogP contribution in [-0.2, 0) is 0 Å². The second kappa shape index (κ2) is 7.39. The molecule has 19 heavy (non-hydrogen) atoms. The maximum absolute atomic E-state index is 4.11. The second-order valence-electron chi connectivity index (χ2n) is 6.05. The summed E-state index contributed by atoms with van der Waals surface area (Å²) in [5, 5.41) is 0. The minimum Gasteiger partial charge on any atom is -0.0999 e. The molecule has 0 aromatic carbocycles. The molecule has 0 radical (unpaired) electrons. The Morgan fingerprint density at radius 1 is 1.16 bits per heavy atom. The summed E-state index contributed by atoms with van der Waals surface area (Å²) in [7, 11) is 0. The van der Waals surface area contributed by atoms with E-state index in [0.29, 0.717) is 17.8 Å². The van der Waals surface area contributed by atoms with Gasteiger partial charge in [-0.1, -0.05) is 63.5 Å². The van der Waals surface area contributed by atoms with E-state index >= 15 is 0 Å². The Bertz CT molecular complexity index is 413. The molecule has 0 rings (SSSR count). The highest BCUT2D eigenvalue weighted by Crippen LogP contribution is 2.41. The molecular weight excluding hydrogens is 228 g/mol. The lowest BCUT2D eigenvalue weighted by atomic mass is 9.64. The number of allylic oxidation sites excluding steroid dienone is 4. The number of hydrogen-bond donors (Lipinski definition) is 0. The smallest absolute Gasteiger partial charge is 0.0381 e. The van der Waals surface area contributed by atoms with Gasteiger partial charge in [-0.25, -0.2) is 0 Å². The van der Waals surface area contributed by atoms with E-state index in [2.05, 4.69) is 78.7 Å². The lowest BCUT2D eigenvalue weighted by Gasteiger charge is -2.39. The molecule has 0 nitrogen and oxygen atoms in total. The highest BCUT2D eigenvalue weighted by atomic mass is 14.4. The van der Waals surface area contributed by atoms with Crippen molar-refractivity contribution < 1.29 is 0 Å². The fourth-order valence-electron chi connectivity index (χ4n) is 2.32. The molecule has 0 aromatic rings. The van der Waals surface area contributed by atoms with Crippen LogP contribution in [0.2, 0.25) is 0 Å². The molecule has 4 atom stereocenters. The van der Waals surface area contributed by atoms with E-state index in [-0.39, 0.29) is 5.41 Å². The predicted octanol–water partition coefficient (Wildman–Crippen LogP) is 5.63. The first-order valence-corrected chi connectivity index (χ1v) is 7.13. The van der Waals surface area contributed by atoms with Crippen molar-refractivity contribution in [1.29, 1.82) is 0 Å². The third kappa shape index (κ3) is 4.75.